The minimum absolute atomic E-state index is 0.0436. The SMILES string of the molecule is COc1ccccc1NC(=O)c1cc(C(=O)Nc2ccccc2F)ccn1. The fourth-order valence-corrected chi connectivity index (χ4v) is 2.39. The molecule has 0 fully saturated rings. The molecule has 1 aromatic heterocycles. The van der Waals surface area contributed by atoms with E-state index >= 15 is 0 Å². The van der Waals surface area contributed by atoms with Crippen LogP contribution in [0.1, 0.15) is 20.8 Å². The van der Waals surface area contributed by atoms with Crippen molar-refractivity contribution in [1.29, 1.82) is 0 Å². The Labute approximate surface area is 155 Å². The number of ether oxygens (including phenoxy) is 1. The Morgan fingerprint density at radius 3 is 2.33 bits per heavy atom. The fraction of sp³-hybridized carbons (Fsp3) is 0.0500. The summed E-state index contributed by atoms with van der Waals surface area (Å²) in [6.07, 6.45) is 1.34. The quantitative estimate of drug-likeness (QED) is 0.722. The van der Waals surface area contributed by atoms with Gasteiger partial charge in [-0.1, -0.05) is 24.3 Å². The summed E-state index contributed by atoms with van der Waals surface area (Å²) in [6.45, 7) is 0. The van der Waals surface area contributed by atoms with Gasteiger partial charge in [-0.05, 0) is 36.4 Å². The lowest BCUT2D eigenvalue weighted by Gasteiger charge is -2.10. The van der Waals surface area contributed by atoms with Crippen LogP contribution in [0.3, 0.4) is 0 Å². The topological polar surface area (TPSA) is 80.3 Å². The Morgan fingerprint density at radius 1 is 0.926 bits per heavy atom. The molecule has 0 aliphatic heterocycles. The zero-order chi connectivity index (χ0) is 19.2. The number of nitrogens with zero attached hydrogens (tertiary/aromatic N) is 1. The monoisotopic (exact) mass is 365 g/mol. The fourth-order valence-electron chi connectivity index (χ4n) is 2.39. The first-order valence-electron chi connectivity index (χ1n) is 8.05. The van der Waals surface area contributed by atoms with Crippen molar-refractivity contribution in [2.24, 2.45) is 0 Å². The number of aromatic nitrogens is 1. The standard InChI is InChI=1S/C20H16FN3O3/c1-27-18-9-5-4-8-16(18)24-20(26)17-12-13(10-11-22-17)19(25)23-15-7-3-2-6-14(15)21/h2-12H,1H3,(H,23,25)(H,24,26). The zero-order valence-electron chi connectivity index (χ0n) is 14.4. The number of rotatable bonds is 5. The highest BCUT2D eigenvalue weighted by molar-refractivity contribution is 6.08. The van der Waals surface area contributed by atoms with Crippen LogP contribution in [0, 0.1) is 5.82 Å². The summed E-state index contributed by atoms with van der Waals surface area (Å²) in [7, 11) is 1.50. The van der Waals surface area contributed by atoms with Gasteiger partial charge in [0.2, 0.25) is 0 Å². The van der Waals surface area contributed by atoms with Crippen LogP contribution in [0.25, 0.3) is 0 Å². The molecule has 0 saturated carbocycles. The van der Waals surface area contributed by atoms with Gasteiger partial charge in [0.25, 0.3) is 11.8 Å². The van der Waals surface area contributed by atoms with E-state index in [1.807, 2.05) is 0 Å². The van der Waals surface area contributed by atoms with Crippen molar-refractivity contribution >= 4 is 23.2 Å². The van der Waals surface area contributed by atoms with Gasteiger partial charge in [0.1, 0.15) is 17.3 Å². The summed E-state index contributed by atoms with van der Waals surface area (Å²) in [5.74, 6) is -1.10. The Morgan fingerprint density at radius 2 is 1.59 bits per heavy atom. The number of pyridine rings is 1. The normalized spacial score (nSPS) is 10.1. The lowest BCUT2D eigenvalue weighted by molar-refractivity contribution is 0.102. The second-order valence-electron chi connectivity index (χ2n) is 5.52. The Balaban J connectivity index is 1.77. The maximum Gasteiger partial charge on any atom is 0.274 e. The first kappa shape index (κ1) is 18.1. The third-order valence-electron chi connectivity index (χ3n) is 3.73. The van der Waals surface area contributed by atoms with E-state index in [-0.39, 0.29) is 16.9 Å². The average Bonchev–Trinajstić information content (AvgIpc) is 2.70. The lowest BCUT2D eigenvalue weighted by atomic mass is 10.2. The van der Waals surface area contributed by atoms with Crippen molar-refractivity contribution in [3.05, 3.63) is 83.9 Å². The molecule has 1 heterocycles. The van der Waals surface area contributed by atoms with Gasteiger partial charge >= 0.3 is 0 Å². The van der Waals surface area contributed by atoms with E-state index < -0.39 is 17.6 Å². The molecule has 0 radical (unpaired) electrons. The van der Waals surface area contributed by atoms with Gasteiger partial charge in [0.05, 0.1) is 18.5 Å². The maximum absolute atomic E-state index is 13.7. The van der Waals surface area contributed by atoms with E-state index in [1.54, 1.807) is 30.3 Å². The van der Waals surface area contributed by atoms with Gasteiger partial charge in [0.15, 0.2) is 0 Å². The van der Waals surface area contributed by atoms with Crippen molar-refractivity contribution in [2.45, 2.75) is 0 Å². The van der Waals surface area contributed by atoms with E-state index in [0.717, 1.165) is 0 Å². The molecule has 6 nitrogen and oxygen atoms in total. The van der Waals surface area contributed by atoms with Gasteiger partial charge in [-0.15, -0.1) is 0 Å². The molecule has 0 aliphatic rings. The number of methoxy groups -OCH3 is 1. The number of anilines is 2. The highest BCUT2D eigenvalue weighted by Crippen LogP contribution is 2.23. The maximum atomic E-state index is 13.7. The molecule has 0 spiro atoms. The third kappa shape index (κ3) is 4.27. The van der Waals surface area contributed by atoms with Crippen molar-refractivity contribution in [1.82, 2.24) is 4.98 Å². The van der Waals surface area contributed by atoms with Crippen LogP contribution >= 0.6 is 0 Å². The Bertz CT molecular complexity index is 991. The van der Waals surface area contributed by atoms with Crippen molar-refractivity contribution < 1.29 is 18.7 Å². The molecule has 3 rings (SSSR count). The van der Waals surface area contributed by atoms with E-state index in [4.69, 9.17) is 4.74 Å². The summed E-state index contributed by atoms with van der Waals surface area (Å²) >= 11 is 0. The van der Waals surface area contributed by atoms with E-state index in [9.17, 15) is 14.0 Å². The lowest BCUT2D eigenvalue weighted by Crippen LogP contribution is -2.17. The number of nitrogens with one attached hydrogen (secondary N) is 2. The largest absolute Gasteiger partial charge is 0.495 e. The molecule has 0 unspecified atom stereocenters. The second kappa shape index (κ2) is 8.09. The van der Waals surface area contributed by atoms with E-state index in [1.165, 1.54) is 43.6 Å². The van der Waals surface area contributed by atoms with E-state index in [0.29, 0.717) is 11.4 Å². The summed E-state index contributed by atoms with van der Waals surface area (Å²) in [5, 5.41) is 5.15. The summed E-state index contributed by atoms with van der Waals surface area (Å²) in [5.41, 5.74) is 0.757. The number of hydrogen-bond acceptors (Lipinski definition) is 4. The predicted molar refractivity (Wildman–Crippen MR) is 99.5 cm³/mol. The highest BCUT2D eigenvalue weighted by atomic mass is 19.1. The minimum atomic E-state index is -0.547. The molecule has 136 valence electrons. The number of para-hydroxylation sites is 3. The molecule has 0 saturated heterocycles. The van der Waals surface area contributed by atoms with Gasteiger partial charge in [-0.3, -0.25) is 14.6 Å². The number of hydrogen-bond donors (Lipinski definition) is 2. The predicted octanol–water partition coefficient (Wildman–Crippen LogP) is 3.73. The van der Waals surface area contributed by atoms with Crippen molar-refractivity contribution in [3.63, 3.8) is 0 Å². The molecule has 0 bridgehead atoms. The molecule has 2 N–H and O–H groups in total. The minimum Gasteiger partial charge on any atom is -0.495 e. The number of amides is 2. The number of carbonyl (C=O) groups excluding carboxylic acids is 2. The summed E-state index contributed by atoms with van der Waals surface area (Å²) < 4.78 is 18.9. The van der Waals surface area contributed by atoms with Crippen LogP contribution in [0.4, 0.5) is 15.8 Å². The molecule has 3 aromatic rings. The summed E-state index contributed by atoms with van der Waals surface area (Å²) in [6, 6.07) is 15.5. The van der Waals surface area contributed by atoms with Gasteiger partial charge in [-0.2, -0.15) is 0 Å². The number of carbonyl (C=O) groups is 2. The third-order valence-corrected chi connectivity index (χ3v) is 3.73. The van der Waals surface area contributed by atoms with Gasteiger partial charge in [0, 0.05) is 11.8 Å². The molecular formula is C20H16FN3O3. The Hall–Kier alpha value is -3.74. The van der Waals surface area contributed by atoms with Crippen molar-refractivity contribution in [2.75, 3.05) is 17.7 Å². The first-order valence-corrected chi connectivity index (χ1v) is 8.05. The van der Waals surface area contributed by atoms with Crippen LogP contribution in [-0.2, 0) is 0 Å². The Kier molecular flexibility index (Phi) is 5.41. The molecule has 7 heteroatoms. The van der Waals surface area contributed by atoms with Crippen LogP contribution < -0.4 is 15.4 Å². The zero-order valence-corrected chi connectivity index (χ0v) is 14.4. The van der Waals surface area contributed by atoms with Gasteiger partial charge < -0.3 is 15.4 Å². The molecule has 2 aromatic carbocycles. The summed E-state index contributed by atoms with van der Waals surface area (Å²) in [4.78, 5) is 28.8. The molecule has 27 heavy (non-hydrogen) atoms. The number of benzene rings is 2. The first-order chi connectivity index (χ1) is 13.1. The second-order valence-corrected chi connectivity index (χ2v) is 5.52. The molecule has 0 aliphatic carbocycles. The van der Waals surface area contributed by atoms with Crippen LogP contribution in [0.2, 0.25) is 0 Å². The van der Waals surface area contributed by atoms with Crippen LogP contribution in [0.5, 0.6) is 5.75 Å². The number of halogens is 1. The van der Waals surface area contributed by atoms with Crippen LogP contribution in [0.15, 0.2) is 66.9 Å². The van der Waals surface area contributed by atoms with Crippen LogP contribution in [-0.4, -0.2) is 23.9 Å². The molecule has 2 amide bonds. The van der Waals surface area contributed by atoms with E-state index in [2.05, 4.69) is 15.6 Å². The molecular weight excluding hydrogens is 349 g/mol. The van der Waals surface area contributed by atoms with Gasteiger partial charge in [-0.25, -0.2) is 4.39 Å². The smallest absolute Gasteiger partial charge is 0.274 e. The highest BCUT2D eigenvalue weighted by Gasteiger charge is 2.14. The molecule has 0 atom stereocenters. The van der Waals surface area contributed by atoms with Crippen molar-refractivity contribution in [3.8, 4) is 5.75 Å². The average molecular weight is 365 g/mol.